The maximum atomic E-state index is 5.41. The molecule has 0 saturated carbocycles. The second-order valence-electron chi connectivity index (χ2n) is 4.29. The molecule has 1 unspecified atom stereocenters. The van der Waals surface area contributed by atoms with E-state index in [1.54, 1.807) is 0 Å². The van der Waals surface area contributed by atoms with Crippen molar-refractivity contribution in [2.45, 2.75) is 18.8 Å². The quantitative estimate of drug-likeness (QED) is 0.788. The minimum atomic E-state index is 0.466. The van der Waals surface area contributed by atoms with Crippen LogP contribution in [0.5, 0.6) is 0 Å². The van der Waals surface area contributed by atoms with Gasteiger partial charge in [-0.05, 0) is 19.1 Å². The van der Waals surface area contributed by atoms with Crippen LogP contribution in [0.4, 0.5) is 0 Å². The van der Waals surface area contributed by atoms with Crippen molar-refractivity contribution in [3.8, 4) is 11.3 Å². The normalized spacial score (nSPS) is 19.4. The molecule has 0 fully saturated rings. The van der Waals surface area contributed by atoms with Crippen LogP contribution < -0.4 is 0 Å². The Hall–Kier alpha value is -1.90. The molecule has 0 radical (unpaired) electrons. The molecular formula is C14H14N2O. The smallest absolute Gasteiger partial charge is 0.167 e. The third-order valence-electron chi connectivity index (χ3n) is 3.13. The van der Waals surface area contributed by atoms with Gasteiger partial charge in [0.2, 0.25) is 0 Å². The predicted octanol–water partition coefficient (Wildman–Crippen LogP) is 3.29. The van der Waals surface area contributed by atoms with Gasteiger partial charge < -0.3 is 4.52 Å². The van der Waals surface area contributed by atoms with Gasteiger partial charge in [0.15, 0.2) is 5.76 Å². The van der Waals surface area contributed by atoms with Crippen LogP contribution in [0, 0.1) is 0 Å². The van der Waals surface area contributed by atoms with E-state index in [1.165, 1.54) is 0 Å². The van der Waals surface area contributed by atoms with Crippen molar-refractivity contribution in [3.05, 3.63) is 42.1 Å². The van der Waals surface area contributed by atoms with Crippen LogP contribution in [0.15, 0.2) is 45.9 Å². The fourth-order valence-electron chi connectivity index (χ4n) is 2.13. The third-order valence-corrected chi connectivity index (χ3v) is 3.13. The van der Waals surface area contributed by atoms with Crippen molar-refractivity contribution in [1.29, 1.82) is 0 Å². The molecule has 2 aromatic rings. The summed E-state index contributed by atoms with van der Waals surface area (Å²) in [5.41, 5.74) is 2.13. The number of aromatic nitrogens is 1. The number of aliphatic imine (C=N–C) groups is 1. The Morgan fingerprint density at radius 2 is 2.06 bits per heavy atom. The van der Waals surface area contributed by atoms with Gasteiger partial charge in [-0.15, -0.1) is 0 Å². The SMILES string of the molecule is C1=NCCC(c2cc(-c3ccccc3)on2)C1. The van der Waals surface area contributed by atoms with Crippen LogP contribution in [0.1, 0.15) is 24.5 Å². The van der Waals surface area contributed by atoms with Crippen molar-refractivity contribution in [3.63, 3.8) is 0 Å². The topological polar surface area (TPSA) is 38.4 Å². The van der Waals surface area contributed by atoms with Crippen LogP contribution in [-0.2, 0) is 0 Å². The number of hydrogen-bond donors (Lipinski definition) is 0. The van der Waals surface area contributed by atoms with Crippen LogP contribution >= 0.6 is 0 Å². The zero-order chi connectivity index (χ0) is 11.5. The molecule has 3 nitrogen and oxygen atoms in total. The van der Waals surface area contributed by atoms with Gasteiger partial charge in [-0.2, -0.15) is 0 Å². The summed E-state index contributed by atoms with van der Waals surface area (Å²) in [7, 11) is 0. The van der Waals surface area contributed by atoms with Gasteiger partial charge in [-0.1, -0.05) is 35.5 Å². The standard InChI is InChI=1S/C14H14N2O/c1-2-4-12(5-3-1)14-10-13(16-17-14)11-6-8-15-9-7-11/h1-5,8,10-11H,6-7,9H2. The van der Waals surface area contributed by atoms with Crippen LogP contribution in [0.2, 0.25) is 0 Å². The molecule has 17 heavy (non-hydrogen) atoms. The molecule has 86 valence electrons. The highest BCUT2D eigenvalue weighted by Gasteiger charge is 2.17. The summed E-state index contributed by atoms with van der Waals surface area (Å²) in [5, 5.41) is 4.18. The first-order valence-electron chi connectivity index (χ1n) is 5.94. The Bertz CT molecular complexity index is 516. The highest BCUT2D eigenvalue weighted by Crippen LogP contribution is 2.28. The molecule has 1 atom stereocenters. The van der Waals surface area contributed by atoms with Gasteiger partial charge in [0.05, 0.1) is 5.69 Å². The lowest BCUT2D eigenvalue weighted by Gasteiger charge is -2.13. The molecule has 1 aliphatic heterocycles. The molecule has 0 N–H and O–H groups in total. The zero-order valence-corrected chi connectivity index (χ0v) is 9.54. The van der Waals surface area contributed by atoms with Crippen LogP contribution in [-0.4, -0.2) is 17.9 Å². The van der Waals surface area contributed by atoms with Crippen molar-refractivity contribution in [2.24, 2.45) is 4.99 Å². The molecule has 1 aromatic carbocycles. The molecule has 0 bridgehead atoms. The van der Waals surface area contributed by atoms with Gasteiger partial charge in [0.25, 0.3) is 0 Å². The Balaban J connectivity index is 1.85. The van der Waals surface area contributed by atoms with E-state index in [0.29, 0.717) is 5.92 Å². The third kappa shape index (κ3) is 2.13. The van der Waals surface area contributed by atoms with Gasteiger partial charge in [-0.3, -0.25) is 4.99 Å². The summed E-state index contributed by atoms with van der Waals surface area (Å²) in [5.74, 6) is 1.32. The van der Waals surface area contributed by atoms with Crippen molar-refractivity contribution >= 4 is 6.21 Å². The van der Waals surface area contributed by atoms with Gasteiger partial charge in [0.1, 0.15) is 0 Å². The summed E-state index contributed by atoms with van der Waals surface area (Å²) < 4.78 is 5.41. The van der Waals surface area contributed by atoms with Crippen molar-refractivity contribution < 1.29 is 4.52 Å². The molecule has 0 spiro atoms. The summed E-state index contributed by atoms with van der Waals surface area (Å²) in [6.45, 7) is 0.901. The van der Waals surface area contributed by atoms with E-state index in [1.807, 2.05) is 36.5 Å². The molecule has 0 aliphatic carbocycles. The first-order chi connectivity index (χ1) is 8.43. The second kappa shape index (κ2) is 4.53. The lowest BCUT2D eigenvalue weighted by molar-refractivity contribution is 0.413. The maximum Gasteiger partial charge on any atom is 0.167 e. The lowest BCUT2D eigenvalue weighted by atomic mass is 9.96. The summed E-state index contributed by atoms with van der Waals surface area (Å²) in [6.07, 6.45) is 4.03. The fraction of sp³-hybridized carbons (Fsp3) is 0.286. The molecule has 0 saturated heterocycles. The van der Waals surface area contributed by atoms with Gasteiger partial charge >= 0.3 is 0 Å². The van der Waals surface area contributed by atoms with E-state index in [9.17, 15) is 0 Å². The van der Waals surface area contributed by atoms with E-state index >= 15 is 0 Å². The minimum Gasteiger partial charge on any atom is -0.356 e. The number of benzene rings is 1. The monoisotopic (exact) mass is 226 g/mol. The summed E-state index contributed by atoms with van der Waals surface area (Å²) in [4.78, 5) is 4.23. The second-order valence-corrected chi connectivity index (χ2v) is 4.29. The highest BCUT2D eigenvalue weighted by molar-refractivity contribution is 5.61. The Labute approximate surface area is 100 Å². The number of rotatable bonds is 2. The number of nitrogens with zero attached hydrogens (tertiary/aromatic N) is 2. The Morgan fingerprint density at radius 1 is 1.18 bits per heavy atom. The van der Waals surface area contributed by atoms with Crippen LogP contribution in [0.25, 0.3) is 11.3 Å². The van der Waals surface area contributed by atoms with Crippen molar-refractivity contribution in [2.75, 3.05) is 6.54 Å². The van der Waals surface area contributed by atoms with Gasteiger partial charge in [0, 0.05) is 24.1 Å². The van der Waals surface area contributed by atoms with E-state index in [4.69, 9.17) is 4.52 Å². The summed E-state index contributed by atoms with van der Waals surface area (Å²) >= 11 is 0. The Kier molecular flexibility index (Phi) is 2.74. The minimum absolute atomic E-state index is 0.466. The molecule has 3 heteroatoms. The average Bonchev–Trinajstić information content (AvgIpc) is 2.90. The predicted molar refractivity (Wildman–Crippen MR) is 67.3 cm³/mol. The molecular weight excluding hydrogens is 212 g/mol. The van der Waals surface area contributed by atoms with Crippen LogP contribution in [0.3, 0.4) is 0 Å². The first kappa shape index (κ1) is 10.3. The Morgan fingerprint density at radius 3 is 2.82 bits per heavy atom. The largest absolute Gasteiger partial charge is 0.356 e. The van der Waals surface area contributed by atoms with Gasteiger partial charge in [-0.25, -0.2) is 0 Å². The molecule has 1 aliphatic rings. The van der Waals surface area contributed by atoms with E-state index in [2.05, 4.69) is 16.2 Å². The fourth-order valence-corrected chi connectivity index (χ4v) is 2.13. The highest BCUT2D eigenvalue weighted by atomic mass is 16.5. The lowest BCUT2D eigenvalue weighted by Crippen LogP contribution is -2.06. The van der Waals surface area contributed by atoms with E-state index in [0.717, 1.165) is 36.4 Å². The van der Waals surface area contributed by atoms with E-state index < -0.39 is 0 Å². The van der Waals surface area contributed by atoms with E-state index in [-0.39, 0.29) is 0 Å². The molecule has 3 rings (SSSR count). The average molecular weight is 226 g/mol. The molecule has 0 amide bonds. The number of hydrogen-bond acceptors (Lipinski definition) is 3. The first-order valence-corrected chi connectivity index (χ1v) is 5.94. The summed E-state index contributed by atoms with van der Waals surface area (Å²) in [6, 6.07) is 12.1. The molecule has 1 aromatic heterocycles. The zero-order valence-electron chi connectivity index (χ0n) is 9.54. The maximum absolute atomic E-state index is 5.41. The van der Waals surface area contributed by atoms with Crippen molar-refractivity contribution in [1.82, 2.24) is 5.16 Å². The molecule has 2 heterocycles.